The summed E-state index contributed by atoms with van der Waals surface area (Å²) in [6.45, 7) is 0. The maximum Gasteiger partial charge on any atom is 0.130 e. The molecule has 6 heteroatoms. The summed E-state index contributed by atoms with van der Waals surface area (Å²) < 4.78 is 2.37. The zero-order chi connectivity index (χ0) is 16.7. The van der Waals surface area contributed by atoms with Gasteiger partial charge in [0.15, 0.2) is 0 Å². The van der Waals surface area contributed by atoms with Gasteiger partial charge in [-0.2, -0.15) is 5.10 Å². The lowest BCUT2D eigenvalue weighted by Gasteiger charge is -2.07. The molecule has 0 aliphatic rings. The number of phenolic OH excluding ortho intramolecular Hbond substituents is 1. The molecule has 0 unspecified atom stereocenters. The molecule has 0 spiro atoms. The van der Waals surface area contributed by atoms with Gasteiger partial charge in [-0.15, -0.1) is 0 Å². The Morgan fingerprint density at radius 2 is 1.83 bits per heavy atom. The molecule has 1 N–H and O–H groups in total. The van der Waals surface area contributed by atoms with E-state index in [-0.39, 0.29) is 5.75 Å². The molecule has 24 heavy (non-hydrogen) atoms. The van der Waals surface area contributed by atoms with Crippen molar-refractivity contribution in [1.82, 2.24) is 19.7 Å². The van der Waals surface area contributed by atoms with Crippen LogP contribution >= 0.6 is 15.9 Å². The standard InChI is InChI=1S/C18H13BrN4O/c1-23-9-13(17(22-23)11-5-3-2-4-6-11)18-12-7-16(24)14(19)8-15(12)20-10-21-18/h2-10,24H,1H3. The van der Waals surface area contributed by atoms with Crippen LogP contribution in [-0.2, 0) is 7.05 Å². The van der Waals surface area contributed by atoms with Gasteiger partial charge >= 0.3 is 0 Å². The van der Waals surface area contributed by atoms with Gasteiger partial charge in [-0.3, -0.25) is 4.68 Å². The molecule has 0 radical (unpaired) electrons. The molecule has 4 aromatic rings. The molecular weight excluding hydrogens is 368 g/mol. The topological polar surface area (TPSA) is 63.8 Å². The van der Waals surface area contributed by atoms with Gasteiger partial charge in [-0.05, 0) is 28.1 Å². The van der Waals surface area contributed by atoms with E-state index in [1.165, 1.54) is 6.33 Å². The van der Waals surface area contributed by atoms with Crippen LogP contribution in [0.3, 0.4) is 0 Å². The highest BCUT2D eigenvalue weighted by atomic mass is 79.9. The van der Waals surface area contributed by atoms with Crippen LogP contribution in [0.25, 0.3) is 33.4 Å². The molecule has 0 aliphatic carbocycles. The lowest BCUT2D eigenvalue weighted by molar-refractivity contribution is 0.473. The van der Waals surface area contributed by atoms with Crippen LogP contribution in [0, 0.1) is 0 Å². The molecule has 0 atom stereocenters. The first-order valence-electron chi connectivity index (χ1n) is 7.36. The highest BCUT2D eigenvalue weighted by Gasteiger charge is 2.17. The second-order valence-electron chi connectivity index (χ2n) is 5.47. The van der Waals surface area contributed by atoms with Gasteiger partial charge in [0.2, 0.25) is 0 Å². The zero-order valence-corrected chi connectivity index (χ0v) is 14.4. The van der Waals surface area contributed by atoms with Gasteiger partial charge in [-0.25, -0.2) is 9.97 Å². The number of hydrogen-bond acceptors (Lipinski definition) is 4. The normalized spacial score (nSPS) is 11.1. The van der Waals surface area contributed by atoms with Gasteiger partial charge in [0.25, 0.3) is 0 Å². The number of aromatic nitrogens is 4. The number of rotatable bonds is 2. The molecule has 5 nitrogen and oxygen atoms in total. The zero-order valence-electron chi connectivity index (χ0n) is 12.8. The van der Waals surface area contributed by atoms with E-state index in [1.54, 1.807) is 16.8 Å². The third-order valence-corrected chi connectivity index (χ3v) is 4.47. The minimum absolute atomic E-state index is 0.156. The predicted molar refractivity (Wildman–Crippen MR) is 96.5 cm³/mol. The minimum Gasteiger partial charge on any atom is -0.507 e. The molecule has 2 heterocycles. The van der Waals surface area contributed by atoms with Crippen molar-refractivity contribution < 1.29 is 5.11 Å². The van der Waals surface area contributed by atoms with E-state index in [4.69, 9.17) is 0 Å². The van der Waals surface area contributed by atoms with E-state index in [0.29, 0.717) is 4.47 Å². The number of aromatic hydroxyl groups is 1. The van der Waals surface area contributed by atoms with Gasteiger partial charge in [-0.1, -0.05) is 30.3 Å². The van der Waals surface area contributed by atoms with Crippen LogP contribution < -0.4 is 0 Å². The summed E-state index contributed by atoms with van der Waals surface area (Å²) in [6.07, 6.45) is 3.46. The maximum absolute atomic E-state index is 10.1. The first-order chi connectivity index (χ1) is 11.6. The Morgan fingerprint density at radius 1 is 1.04 bits per heavy atom. The van der Waals surface area contributed by atoms with E-state index in [1.807, 2.05) is 43.6 Å². The first-order valence-corrected chi connectivity index (χ1v) is 8.15. The molecule has 0 saturated carbocycles. The molecule has 4 rings (SSSR count). The van der Waals surface area contributed by atoms with Crippen molar-refractivity contribution in [2.24, 2.45) is 7.05 Å². The predicted octanol–water partition coefficient (Wildman–Crippen LogP) is 4.17. The molecule has 0 fully saturated rings. The quantitative estimate of drug-likeness (QED) is 0.566. The van der Waals surface area contributed by atoms with Crippen LogP contribution in [0.2, 0.25) is 0 Å². The molecular formula is C18H13BrN4O. The lowest BCUT2D eigenvalue weighted by Crippen LogP contribution is -1.90. The number of fused-ring (bicyclic) bond motifs is 1. The van der Waals surface area contributed by atoms with Crippen molar-refractivity contribution >= 4 is 26.8 Å². The van der Waals surface area contributed by atoms with Crippen molar-refractivity contribution in [3.8, 4) is 28.3 Å². The number of nitrogens with zero attached hydrogens (tertiary/aromatic N) is 4. The first kappa shape index (κ1) is 14.8. The summed E-state index contributed by atoms with van der Waals surface area (Å²) in [5.41, 5.74) is 4.27. The van der Waals surface area contributed by atoms with Crippen LogP contribution in [0.15, 0.2) is 59.5 Å². The van der Waals surface area contributed by atoms with Gasteiger partial charge < -0.3 is 5.11 Å². The minimum atomic E-state index is 0.156. The fourth-order valence-corrected chi connectivity index (χ4v) is 3.08. The monoisotopic (exact) mass is 380 g/mol. The third-order valence-electron chi connectivity index (χ3n) is 3.84. The Hall–Kier alpha value is -2.73. The Kier molecular flexibility index (Phi) is 3.54. The average Bonchev–Trinajstić information content (AvgIpc) is 2.98. The second kappa shape index (κ2) is 5.72. The van der Waals surface area contributed by atoms with E-state index >= 15 is 0 Å². The summed E-state index contributed by atoms with van der Waals surface area (Å²) in [4.78, 5) is 8.76. The van der Waals surface area contributed by atoms with Crippen LogP contribution in [0.5, 0.6) is 5.75 Å². The van der Waals surface area contributed by atoms with Gasteiger partial charge in [0, 0.05) is 29.8 Å². The molecule has 118 valence electrons. The number of halogens is 1. The molecule has 0 aliphatic heterocycles. The van der Waals surface area contributed by atoms with Crippen molar-refractivity contribution in [2.75, 3.05) is 0 Å². The molecule has 2 aromatic heterocycles. The van der Waals surface area contributed by atoms with Crippen LogP contribution in [-0.4, -0.2) is 24.9 Å². The van der Waals surface area contributed by atoms with Crippen molar-refractivity contribution in [3.05, 3.63) is 59.5 Å². The number of benzene rings is 2. The number of phenols is 1. The summed E-state index contributed by atoms with van der Waals surface area (Å²) in [5, 5.41) is 15.4. The Morgan fingerprint density at radius 3 is 2.62 bits per heavy atom. The molecule has 0 saturated heterocycles. The van der Waals surface area contributed by atoms with E-state index in [2.05, 4.69) is 31.0 Å². The van der Waals surface area contributed by atoms with E-state index in [0.717, 1.165) is 33.4 Å². The van der Waals surface area contributed by atoms with Crippen LogP contribution in [0.1, 0.15) is 0 Å². The Balaban J connectivity index is 2.01. The lowest BCUT2D eigenvalue weighted by atomic mass is 10.0. The average molecular weight is 381 g/mol. The smallest absolute Gasteiger partial charge is 0.130 e. The summed E-state index contributed by atoms with van der Waals surface area (Å²) in [7, 11) is 1.88. The maximum atomic E-state index is 10.1. The molecule has 2 aromatic carbocycles. The Labute approximate surface area is 146 Å². The Bertz CT molecular complexity index is 1040. The highest BCUT2D eigenvalue weighted by Crippen LogP contribution is 2.36. The molecule has 0 bridgehead atoms. The SMILES string of the molecule is Cn1cc(-c2ncnc3cc(Br)c(O)cc23)c(-c2ccccc2)n1. The third kappa shape index (κ3) is 2.45. The van der Waals surface area contributed by atoms with Gasteiger partial charge in [0.1, 0.15) is 17.8 Å². The summed E-state index contributed by atoms with van der Waals surface area (Å²) >= 11 is 3.33. The second-order valence-corrected chi connectivity index (χ2v) is 6.33. The fourth-order valence-electron chi connectivity index (χ4n) is 2.75. The van der Waals surface area contributed by atoms with Crippen LogP contribution in [0.4, 0.5) is 0 Å². The fraction of sp³-hybridized carbons (Fsp3) is 0.0556. The highest BCUT2D eigenvalue weighted by molar-refractivity contribution is 9.10. The van der Waals surface area contributed by atoms with E-state index in [9.17, 15) is 5.11 Å². The van der Waals surface area contributed by atoms with Crippen molar-refractivity contribution in [3.63, 3.8) is 0 Å². The van der Waals surface area contributed by atoms with Gasteiger partial charge in [0.05, 0.1) is 15.7 Å². The largest absolute Gasteiger partial charge is 0.507 e. The van der Waals surface area contributed by atoms with Crippen molar-refractivity contribution in [2.45, 2.75) is 0 Å². The number of hydrogen-bond donors (Lipinski definition) is 1. The number of aryl methyl sites for hydroxylation is 1. The van der Waals surface area contributed by atoms with E-state index < -0.39 is 0 Å². The summed E-state index contributed by atoms with van der Waals surface area (Å²) in [6, 6.07) is 13.4. The van der Waals surface area contributed by atoms with Crippen molar-refractivity contribution in [1.29, 1.82) is 0 Å². The molecule has 0 amide bonds. The summed E-state index contributed by atoms with van der Waals surface area (Å²) in [5.74, 6) is 0.156.